The molecule has 5 N–H and O–H groups in total. The molecule has 1 aliphatic carbocycles. The molecule has 5 heteroatoms. The van der Waals surface area contributed by atoms with Gasteiger partial charge in [0.05, 0.1) is 5.60 Å². The van der Waals surface area contributed by atoms with E-state index in [0.29, 0.717) is 12.0 Å². The first-order valence-corrected chi connectivity index (χ1v) is 10.1. The average Bonchev–Trinajstić information content (AvgIpc) is 2.67. The van der Waals surface area contributed by atoms with Crippen LogP contribution in [0, 0.1) is 12.8 Å². The number of phenols is 2. The van der Waals surface area contributed by atoms with Crippen LogP contribution in [0.5, 0.6) is 11.5 Å². The van der Waals surface area contributed by atoms with Gasteiger partial charge in [-0.25, -0.2) is 0 Å². The van der Waals surface area contributed by atoms with Gasteiger partial charge in [0.1, 0.15) is 0 Å². The summed E-state index contributed by atoms with van der Waals surface area (Å²) < 4.78 is 0. The molecule has 27 heavy (non-hydrogen) atoms. The van der Waals surface area contributed by atoms with Gasteiger partial charge in [-0.05, 0) is 69.8 Å². The zero-order valence-corrected chi connectivity index (χ0v) is 17.2. The van der Waals surface area contributed by atoms with Gasteiger partial charge in [-0.1, -0.05) is 31.9 Å². The summed E-state index contributed by atoms with van der Waals surface area (Å²) in [6, 6.07) is 5.05. The van der Waals surface area contributed by atoms with Gasteiger partial charge >= 0.3 is 0 Å². The van der Waals surface area contributed by atoms with E-state index in [1.807, 2.05) is 13.0 Å². The van der Waals surface area contributed by atoms with Crippen molar-refractivity contribution in [3.05, 3.63) is 36.4 Å². The van der Waals surface area contributed by atoms with E-state index >= 15 is 0 Å². The van der Waals surface area contributed by atoms with Crippen molar-refractivity contribution in [1.82, 2.24) is 4.90 Å². The largest absolute Gasteiger partial charge is 0.504 e. The lowest BCUT2D eigenvalue weighted by molar-refractivity contribution is -0.139. The zero-order chi connectivity index (χ0) is 20.4. The lowest BCUT2D eigenvalue weighted by atomic mass is 9.66. The van der Waals surface area contributed by atoms with Crippen molar-refractivity contribution in [3.63, 3.8) is 0 Å². The minimum Gasteiger partial charge on any atom is -0.504 e. The Balaban J connectivity index is 0.000000282. The summed E-state index contributed by atoms with van der Waals surface area (Å²) in [5.41, 5.74) is 5.03. The quantitative estimate of drug-likeness (QED) is 0.477. The number of aliphatic hydroxyl groups is 1. The first-order valence-electron chi connectivity index (χ1n) is 10.1. The molecule has 154 valence electrons. The highest BCUT2D eigenvalue weighted by molar-refractivity contribution is 5.39. The van der Waals surface area contributed by atoms with Gasteiger partial charge in [0.2, 0.25) is 0 Å². The molecule has 3 atom stereocenters. The van der Waals surface area contributed by atoms with Crippen LogP contribution < -0.4 is 5.73 Å². The van der Waals surface area contributed by atoms with Crippen LogP contribution in [0.3, 0.4) is 0 Å². The minimum absolute atomic E-state index is 0.0602. The molecule has 1 saturated heterocycles. The number of aromatic hydroxyl groups is 2. The summed E-state index contributed by atoms with van der Waals surface area (Å²) in [5, 5.41) is 28.6. The number of aryl methyl sites for hydroxylation is 1. The number of hydrogen-bond acceptors (Lipinski definition) is 5. The van der Waals surface area contributed by atoms with Crippen LogP contribution in [0.15, 0.2) is 30.9 Å². The molecule has 0 aromatic heterocycles. The number of piperidine rings is 1. The number of phenolic OH excluding ortho intramolecular Hbond substituents is 2. The van der Waals surface area contributed by atoms with Crippen LogP contribution in [0.4, 0.5) is 0 Å². The lowest BCUT2D eigenvalue weighted by Crippen LogP contribution is -2.62. The second kappa shape index (κ2) is 11.3. The summed E-state index contributed by atoms with van der Waals surface area (Å²) in [4.78, 5) is 2.43. The van der Waals surface area contributed by atoms with Crippen molar-refractivity contribution >= 4 is 0 Å². The predicted molar refractivity (Wildman–Crippen MR) is 112 cm³/mol. The Hall–Kier alpha value is -1.56. The molecule has 1 heterocycles. The number of nitrogens with zero attached hydrogens (tertiary/aromatic N) is 1. The van der Waals surface area contributed by atoms with Crippen LogP contribution in [-0.4, -0.2) is 52.0 Å². The Morgan fingerprint density at radius 2 is 1.93 bits per heavy atom. The molecular weight excluding hydrogens is 340 g/mol. The second-order valence-electron chi connectivity index (χ2n) is 7.42. The lowest BCUT2D eigenvalue weighted by Gasteiger charge is -2.53. The Kier molecular flexibility index (Phi) is 9.84. The average molecular weight is 379 g/mol. The third kappa shape index (κ3) is 5.96. The topological polar surface area (TPSA) is 90.0 Å². The molecule has 3 unspecified atom stereocenters. The highest BCUT2D eigenvalue weighted by atomic mass is 16.3. The molecule has 1 aliphatic heterocycles. The van der Waals surface area contributed by atoms with E-state index in [-0.39, 0.29) is 11.5 Å². The Morgan fingerprint density at radius 1 is 1.22 bits per heavy atom. The van der Waals surface area contributed by atoms with Crippen LogP contribution in [-0.2, 0) is 0 Å². The van der Waals surface area contributed by atoms with Crippen molar-refractivity contribution in [2.45, 2.75) is 64.0 Å². The first-order chi connectivity index (χ1) is 12.9. The molecule has 1 saturated carbocycles. The van der Waals surface area contributed by atoms with E-state index in [1.54, 1.807) is 6.07 Å². The normalized spacial score (nSPS) is 27.3. The van der Waals surface area contributed by atoms with E-state index in [1.165, 1.54) is 44.9 Å². The maximum atomic E-state index is 11.0. The number of fused-ring (bicyclic) bond motifs is 1. The molecule has 5 nitrogen and oxygen atoms in total. The van der Waals surface area contributed by atoms with Gasteiger partial charge in [0.15, 0.2) is 11.5 Å². The molecule has 2 aliphatic rings. The molecule has 0 amide bonds. The van der Waals surface area contributed by atoms with Crippen LogP contribution in [0.2, 0.25) is 0 Å². The number of benzene rings is 1. The first kappa shape index (κ1) is 23.5. The molecule has 0 bridgehead atoms. The summed E-state index contributed by atoms with van der Waals surface area (Å²) in [6.07, 6.45) is 8.94. The fourth-order valence-corrected chi connectivity index (χ4v) is 4.51. The number of likely N-dealkylation sites (tertiary alicyclic amines) is 1. The van der Waals surface area contributed by atoms with Gasteiger partial charge in [0.25, 0.3) is 0 Å². The van der Waals surface area contributed by atoms with Crippen LogP contribution in [0.1, 0.15) is 51.0 Å². The Bertz CT molecular complexity index is 579. The predicted octanol–water partition coefficient (Wildman–Crippen LogP) is 3.56. The van der Waals surface area contributed by atoms with Crippen molar-refractivity contribution in [2.24, 2.45) is 11.7 Å². The Labute approximate surface area is 164 Å². The molecule has 0 radical (unpaired) electrons. The molecule has 2 fully saturated rings. The summed E-state index contributed by atoms with van der Waals surface area (Å²) in [6.45, 7) is 9.94. The number of nitrogens with two attached hydrogens (primary N) is 1. The fourth-order valence-electron chi connectivity index (χ4n) is 4.51. The molecule has 0 spiro atoms. The highest BCUT2D eigenvalue weighted by Crippen LogP contribution is 2.44. The monoisotopic (exact) mass is 378 g/mol. The standard InChI is InChI=1S/C14H25NO.C7H8O2.CH5N/c1-3-10-15-11-8-12-7-5-6-9-14(12,16)13(15)4-2;1-5-2-3-6(8)7(9)4-5;1-2/h3,12-13,16H,1,4-11H2,2H3;2-4,8-9H,1H3;2H2,1H3. The van der Waals surface area contributed by atoms with Gasteiger partial charge < -0.3 is 21.1 Å². The second-order valence-corrected chi connectivity index (χ2v) is 7.42. The maximum Gasteiger partial charge on any atom is 0.157 e. The van der Waals surface area contributed by atoms with Crippen molar-refractivity contribution in [1.29, 1.82) is 0 Å². The van der Waals surface area contributed by atoms with Gasteiger partial charge in [-0.15, -0.1) is 6.58 Å². The van der Waals surface area contributed by atoms with E-state index in [2.05, 4.69) is 24.1 Å². The van der Waals surface area contributed by atoms with E-state index < -0.39 is 5.60 Å². The smallest absolute Gasteiger partial charge is 0.157 e. The highest BCUT2D eigenvalue weighted by Gasteiger charge is 2.49. The Morgan fingerprint density at radius 3 is 2.48 bits per heavy atom. The summed E-state index contributed by atoms with van der Waals surface area (Å²) >= 11 is 0. The number of rotatable bonds is 3. The maximum absolute atomic E-state index is 11.0. The van der Waals surface area contributed by atoms with Gasteiger partial charge in [-0.3, -0.25) is 4.90 Å². The van der Waals surface area contributed by atoms with E-state index in [4.69, 9.17) is 10.2 Å². The van der Waals surface area contributed by atoms with Gasteiger partial charge in [0, 0.05) is 12.6 Å². The molecule has 1 aromatic carbocycles. The van der Waals surface area contributed by atoms with Crippen molar-refractivity contribution in [3.8, 4) is 11.5 Å². The molecular formula is C22H38N2O3. The SMILES string of the molecule is C=CCN1CCC2CCCCC2(O)C1CC.CN.Cc1ccc(O)c(O)c1. The summed E-state index contributed by atoms with van der Waals surface area (Å²) in [5.74, 6) is 0.419. The third-order valence-corrected chi connectivity index (χ3v) is 5.75. The van der Waals surface area contributed by atoms with Crippen LogP contribution in [0.25, 0.3) is 0 Å². The van der Waals surface area contributed by atoms with Crippen LogP contribution >= 0.6 is 0 Å². The number of hydrogen-bond donors (Lipinski definition) is 4. The van der Waals surface area contributed by atoms with E-state index in [9.17, 15) is 5.11 Å². The summed E-state index contributed by atoms with van der Waals surface area (Å²) in [7, 11) is 1.50. The van der Waals surface area contributed by atoms with Gasteiger partial charge in [-0.2, -0.15) is 0 Å². The van der Waals surface area contributed by atoms with Crippen molar-refractivity contribution < 1.29 is 15.3 Å². The molecule has 3 rings (SSSR count). The van der Waals surface area contributed by atoms with E-state index in [0.717, 1.165) is 31.5 Å². The third-order valence-electron chi connectivity index (χ3n) is 5.75. The molecule has 1 aromatic rings. The minimum atomic E-state index is -0.408. The fraction of sp³-hybridized carbons (Fsp3) is 0.636. The zero-order valence-electron chi connectivity index (χ0n) is 17.2. The van der Waals surface area contributed by atoms with Crippen molar-refractivity contribution in [2.75, 3.05) is 20.1 Å².